The minimum absolute atomic E-state index is 0.0593. The number of ether oxygens (including phenoxy) is 1. The first kappa shape index (κ1) is 13.3. The number of esters is 1. The van der Waals surface area contributed by atoms with Gasteiger partial charge < -0.3 is 4.74 Å². The van der Waals surface area contributed by atoms with Crippen molar-refractivity contribution < 1.29 is 19.1 Å². The first-order valence-electron chi connectivity index (χ1n) is 6.40. The zero-order valence-corrected chi connectivity index (χ0v) is 11.5. The Labute approximate surface area is 120 Å². The number of nitrogens with zero attached hydrogens (tertiary/aromatic N) is 2. The van der Waals surface area contributed by atoms with Gasteiger partial charge in [0.25, 0.3) is 5.91 Å². The molecular formula is C14H13N3O4. The highest BCUT2D eigenvalue weighted by molar-refractivity contribution is 6.46. The van der Waals surface area contributed by atoms with E-state index in [9.17, 15) is 14.4 Å². The monoisotopic (exact) mass is 287 g/mol. The van der Waals surface area contributed by atoms with Crippen LogP contribution < -0.4 is 10.3 Å². The van der Waals surface area contributed by atoms with Crippen LogP contribution in [0.1, 0.15) is 5.56 Å². The molecule has 0 saturated carbocycles. The largest absolute Gasteiger partial charge is 0.464 e. The summed E-state index contributed by atoms with van der Waals surface area (Å²) in [5.74, 6) is -2.52. The molecule has 1 aromatic carbocycles. The molecule has 108 valence electrons. The molecule has 0 bridgehead atoms. The molecule has 0 spiro atoms. The van der Waals surface area contributed by atoms with Gasteiger partial charge in [-0.3, -0.25) is 15.0 Å². The SMILES string of the molecule is COC(=O)C1=NN[C@@H]2C(=O)N(c3cccc(C)c3)C(=O)[C@@H]12. The fourth-order valence-electron chi connectivity index (χ4n) is 2.58. The van der Waals surface area contributed by atoms with E-state index < -0.39 is 29.7 Å². The first-order valence-corrected chi connectivity index (χ1v) is 6.40. The third-order valence-corrected chi connectivity index (χ3v) is 3.58. The number of hydrazone groups is 1. The van der Waals surface area contributed by atoms with Crippen LogP contribution >= 0.6 is 0 Å². The van der Waals surface area contributed by atoms with Crippen molar-refractivity contribution in [2.24, 2.45) is 11.0 Å². The zero-order valence-electron chi connectivity index (χ0n) is 11.5. The summed E-state index contributed by atoms with van der Waals surface area (Å²) in [6.45, 7) is 1.87. The molecule has 0 radical (unpaired) electrons. The maximum Gasteiger partial charge on any atom is 0.355 e. The van der Waals surface area contributed by atoms with E-state index in [1.165, 1.54) is 7.11 Å². The minimum atomic E-state index is -0.925. The fraction of sp³-hybridized carbons (Fsp3) is 0.286. The standard InChI is InChI=1S/C14H13N3O4/c1-7-4-3-5-8(6-7)17-12(18)9-10(13(17)19)15-16-11(9)14(20)21-2/h3-6,9-10,15H,1-2H3/t9-,10+/m1/s1. The van der Waals surface area contributed by atoms with Crippen LogP contribution in [0.2, 0.25) is 0 Å². The van der Waals surface area contributed by atoms with Crippen LogP contribution in [0.5, 0.6) is 0 Å². The Hall–Kier alpha value is -2.70. The molecule has 2 aliphatic heterocycles. The van der Waals surface area contributed by atoms with E-state index in [-0.39, 0.29) is 5.71 Å². The summed E-state index contributed by atoms with van der Waals surface area (Å²) in [7, 11) is 1.21. The number of benzene rings is 1. The summed E-state index contributed by atoms with van der Waals surface area (Å²) in [5.41, 5.74) is 3.92. The number of carbonyl (C=O) groups excluding carboxylic acids is 3. The maximum absolute atomic E-state index is 12.5. The molecule has 2 heterocycles. The summed E-state index contributed by atoms with van der Waals surface area (Å²) in [6.07, 6.45) is 0. The van der Waals surface area contributed by atoms with Crippen LogP contribution in [-0.4, -0.2) is 36.6 Å². The van der Waals surface area contributed by atoms with Crippen LogP contribution in [0.15, 0.2) is 29.4 Å². The molecule has 2 aliphatic rings. The Morgan fingerprint density at radius 1 is 1.33 bits per heavy atom. The van der Waals surface area contributed by atoms with E-state index in [0.29, 0.717) is 5.69 Å². The van der Waals surface area contributed by atoms with Crippen molar-refractivity contribution in [3.8, 4) is 0 Å². The molecule has 2 atom stereocenters. The molecule has 0 unspecified atom stereocenters. The smallest absolute Gasteiger partial charge is 0.355 e. The number of imide groups is 1. The lowest BCUT2D eigenvalue weighted by atomic mass is 9.99. The number of fused-ring (bicyclic) bond motifs is 1. The number of methoxy groups -OCH3 is 1. The average molecular weight is 287 g/mol. The van der Waals surface area contributed by atoms with Gasteiger partial charge in [-0.1, -0.05) is 12.1 Å². The summed E-state index contributed by atoms with van der Waals surface area (Å²) in [6, 6.07) is 6.22. The van der Waals surface area contributed by atoms with Gasteiger partial charge in [-0.25, -0.2) is 9.69 Å². The first-order chi connectivity index (χ1) is 10.0. The fourth-order valence-corrected chi connectivity index (χ4v) is 2.58. The molecule has 1 aromatic rings. The molecular weight excluding hydrogens is 274 g/mol. The Morgan fingerprint density at radius 3 is 2.76 bits per heavy atom. The number of aryl methyl sites for hydroxylation is 1. The third kappa shape index (κ3) is 1.89. The topological polar surface area (TPSA) is 88.1 Å². The second-order valence-corrected chi connectivity index (χ2v) is 4.92. The number of hydrogen-bond acceptors (Lipinski definition) is 6. The number of hydrogen-bond donors (Lipinski definition) is 1. The van der Waals surface area contributed by atoms with E-state index in [0.717, 1.165) is 10.5 Å². The number of nitrogens with one attached hydrogen (secondary N) is 1. The lowest BCUT2D eigenvalue weighted by molar-refractivity contribution is -0.133. The Morgan fingerprint density at radius 2 is 2.10 bits per heavy atom. The normalized spacial score (nSPS) is 23.7. The second-order valence-electron chi connectivity index (χ2n) is 4.92. The van der Waals surface area contributed by atoms with Crippen LogP contribution in [0.4, 0.5) is 5.69 Å². The van der Waals surface area contributed by atoms with Crippen LogP contribution in [0.25, 0.3) is 0 Å². The molecule has 1 fully saturated rings. The number of rotatable bonds is 2. The van der Waals surface area contributed by atoms with Crippen molar-refractivity contribution in [2.45, 2.75) is 13.0 Å². The van der Waals surface area contributed by atoms with Crippen LogP contribution in [0, 0.1) is 12.8 Å². The van der Waals surface area contributed by atoms with Gasteiger partial charge in [-0.05, 0) is 24.6 Å². The Bertz CT molecular complexity index is 683. The molecule has 0 aliphatic carbocycles. The highest BCUT2D eigenvalue weighted by Crippen LogP contribution is 2.31. The predicted molar refractivity (Wildman–Crippen MR) is 73.5 cm³/mol. The van der Waals surface area contributed by atoms with Crippen molar-refractivity contribution in [3.05, 3.63) is 29.8 Å². The quantitative estimate of drug-likeness (QED) is 0.610. The number of carbonyl (C=O) groups is 3. The van der Waals surface area contributed by atoms with Crippen LogP contribution in [-0.2, 0) is 19.1 Å². The van der Waals surface area contributed by atoms with Crippen molar-refractivity contribution >= 4 is 29.2 Å². The summed E-state index contributed by atoms with van der Waals surface area (Å²) in [5, 5.41) is 3.76. The minimum Gasteiger partial charge on any atom is -0.464 e. The molecule has 7 heteroatoms. The predicted octanol–water partition coefficient (Wildman–Crippen LogP) is -0.0148. The van der Waals surface area contributed by atoms with Crippen molar-refractivity contribution in [2.75, 3.05) is 12.0 Å². The van der Waals surface area contributed by atoms with Gasteiger partial charge in [0.1, 0.15) is 12.0 Å². The molecule has 1 saturated heterocycles. The second kappa shape index (κ2) is 4.69. The van der Waals surface area contributed by atoms with Crippen molar-refractivity contribution in [3.63, 3.8) is 0 Å². The summed E-state index contributed by atoms with van der Waals surface area (Å²) < 4.78 is 4.59. The number of anilines is 1. The van der Waals surface area contributed by atoms with Gasteiger partial charge in [-0.15, -0.1) is 0 Å². The Kier molecular flexibility index (Phi) is 2.97. The molecule has 1 N–H and O–H groups in total. The van der Waals surface area contributed by atoms with E-state index in [1.807, 2.05) is 13.0 Å². The maximum atomic E-state index is 12.5. The number of amides is 2. The molecule has 21 heavy (non-hydrogen) atoms. The van der Waals surface area contributed by atoms with E-state index in [4.69, 9.17) is 0 Å². The van der Waals surface area contributed by atoms with Gasteiger partial charge in [0.2, 0.25) is 5.91 Å². The molecule has 0 aromatic heterocycles. The zero-order chi connectivity index (χ0) is 15.1. The molecule has 7 nitrogen and oxygen atoms in total. The van der Waals surface area contributed by atoms with Crippen molar-refractivity contribution in [1.29, 1.82) is 0 Å². The summed E-state index contributed by atoms with van der Waals surface area (Å²) >= 11 is 0. The van der Waals surface area contributed by atoms with E-state index in [1.54, 1.807) is 18.2 Å². The highest BCUT2D eigenvalue weighted by Gasteiger charge is 2.55. The lowest BCUT2D eigenvalue weighted by Gasteiger charge is -2.16. The molecule has 2 amide bonds. The van der Waals surface area contributed by atoms with Gasteiger partial charge >= 0.3 is 5.97 Å². The third-order valence-electron chi connectivity index (χ3n) is 3.58. The van der Waals surface area contributed by atoms with Gasteiger partial charge in [0.05, 0.1) is 12.8 Å². The van der Waals surface area contributed by atoms with Gasteiger partial charge in [-0.2, -0.15) is 5.10 Å². The average Bonchev–Trinajstić information content (AvgIpc) is 3.00. The highest BCUT2D eigenvalue weighted by atomic mass is 16.5. The van der Waals surface area contributed by atoms with Gasteiger partial charge in [0, 0.05) is 0 Å². The van der Waals surface area contributed by atoms with Crippen LogP contribution in [0.3, 0.4) is 0 Å². The van der Waals surface area contributed by atoms with Gasteiger partial charge in [0.15, 0.2) is 5.71 Å². The summed E-state index contributed by atoms with van der Waals surface area (Å²) in [4.78, 5) is 37.6. The Balaban J connectivity index is 1.98. The molecule has 3 rings (SSSR count). The van der Waals surface area contributed by atoms with E-state index in [2.05, 4.69) is 15.3 Å². The van der Waals surface area contributed by atoms with Crippen molar-refractivity contribution in [1.82, 2.24) is 5.43 Å². The lowest BCUT2D eigenvalue weighted by Crippen LogP contribution is -2.36. The van der Waals surface area contributed by atoms with E-state index >= 15 is 0 Å².